The van der Waals surface area contributed by atoms with E-state index in [0.29, 0.717) is 0 Å². The van der Waals surface area contributed by atoms with Gasteiger partial charge in [0.2, 0.25) is 0 Å². The van der Waals surface area contributed by atoms with Crippen LogP contribution < -0.4 is 0 Å². The van der Waals surface area contributed by atoms with E-state index >= 15 is 0 Å². The van der Waals surface area contributed by atoms with Crippen LogP contribution in [0.3, 0.4) is 0 Å². The first kappa shape index (κ1) is 16.0. The van der Waals surface area contributed by atoms with Gasteiger partial charge in [0.15, 0.2) is 0 Å². The zero-order valence-electron chi connectivity index (χ0n) is 9.58. The standard InChI is InChI=1S/C4H10.2C2H6.CH4/c1-4(2)3;2*1-2;/h4H,1-3H3;2*1-2H3;1H4/i;;;1D. The van der Waals surface area contributed by atoms with E-state index < -0.39 is 0 Å². The molecule has 62 valence electrons. The fourth-order valence-electron chi connectivity index (χ4n) is 0. The fourth-order valence-corrected chi connectivity index (χ4v) is 0. The molecule has 9 heavy (non-hydrogen) atoms. The lowest BCUT2D eigenvalue weighted by Gasteiger charge is -1.79. The molecule has 0 aliphatic carbocycles. The molecule has 0 radical (unpaired) electrons. The minimum atomic E-state index is 0.833. The van der Waals surface area contributed by atoms with Crippen molar-refractivity contribution in [3.63, 3.8) is 0 Å². The summed E-state index contributed by atoms with van der Waals surface area (Å²) in [5.74, 6) is 0.833. The molecule has 0 saturated heterocycles. The first-order chi connectivity index (χ1) is 4.73. The Morgan fingerprint density at radius 2 is 0.889 bits per heavy atom. The van der Waals surface area contributed by atoms with Crippen molar-refractivity contribution in [3.8, 4) is 0 Å². The number of hydrogen-bond acceptors (Lipinski definition) is 0. The van der Waals surface area contributed by atoms with Gasteiger partial charge in [-0.3, -0.25) is 0 Å². The zero-order chi connectivity index (χ0) is 9.58. The largest absolute Gasteiger partial charge is 0.0776 e. The second-order valence-electron chi connectivity index (χ2n) is 1.73. The zero-order valence-corrected chi connectivity index (χ0v) is 8.58. The van der Waals surface area contributed by atoms with Gasteiger partial charge in [0.25, 0.3) is 0 Å². The number of rotatable bonds is 0. The molecule has 0 N–H and O–H groups in total. The minimum absolute atomic E-state index is 0.833. The molecule has 0 amide bonds. The predicted molar refractivity (Wildman–Crippen MR) is 49.9 cm³/mol. The van der Waals surface area contributed by atoms with E-state index in [1.54, 1.807) is 0 Å². The van der Waals surface area contributed by atoms with E-state index in [2.05, 4.69) is 20.8 Å². The second-order valence-corrected chi connectivity index (χ2v) is 1.73. The van der Waals surface area contributed by atoms with Crippen LogP contribution in [0, 0.1) is 5.92 Å². The van der Waals surface area contributed by atoms with Crippen LogP contribution >= 0.6 is 0 Å². The summed E-state index contributed by atoms with van der Waals surface area (Å²) in [6.07, 6.45) is 0. The van der Waals surface area contributed by atoms with E-state index in [-0.39, 0.29) is 0 Å². The molecule has 0 unspecified atom stereocenters. The lowest BCUT2D eigenvalue weighted by molar-refractivity contribution is 0.737. The first-order valence-corrected chi connectivity index (χ1v) is 3.73. The van der Waals surface area contributed by atoms with Gasteiger partial charge in [-0.15, -0.1) is 0 Å². The van der Waals surface area contributed by atoms with Crippen LogP contribution in [0.1, 0.15) is 57.2 Å². The Hall–Kier alpha value is 0. The Labute approximate surface area is 64.1 Å². The predicted octanol–water partition coefficient (Wildman–Crippen LogP) is 4.35. The van der Waals surface area contributed by atoms with Crippen molar-refractivity contribution in [2.24, 2.45) is 5.92 Å². The highest BCUT2D eigenvalue weighted by molar-refractivity contribution is 4.20. The van der Waals surface area contributed by atoms with Gasteiger partial charge in [-0.05, 0) is 5.92 Å². The summed E-state index contributed by atoms with van der Waals surface area (Å²) in [5, 5.41) is 0. The van der Waals surface area contributed by atoms with Gasteiger partial charge in [-0.1, -0.05) is 55.9 Å². The van der Waals surface area contributed by atoms with Crippen molar-refractivity contribution in [2.75, 3.05) is 0 Å². The Kier molecular flexibility index (Phi) is 77.4. The van der Waals surface area contributed by atoms with Gasteiger partial charge in [0.05, 0.1) is 0 Å². The van der Waals surface area contributed by atoms with Crippen molar-refractivity contribution in [3.05, 3.63) is 0 Å². The van der Waals surface area contributed by atoms with Crippen molar-refractivity contribution in [1.29, 1.82) is 0 Å². The smallest absolute Gasteiger partial charge is 0.0194 e. The Balaban J connectivity index is -0.0000000262. The Bertz CT molecular complexity index is 9.44. The van der Waals surface area contributed by atoms with Crippen LogP contribution in [0.2, 0.25) is 0 Å². The molecule has 0 atom stereocenters. The Morgan fingerprint density at radius 1 is 0.889 bits per heavy atom. The van der Waals surface area contributed by atoms with Crippen LogP contribution in [0.5, 0.6) is 0 Å². The average Bonchev–Trinajstić information content (AvgIpc) is 1.98. The monoisotopic (exact) mass is 135 g/mol. The molecule has 0 aliphatic rings. The summed E-state index contributed by atoms with van der Waals surface area (Å²) in [6, 6.07) is 0. The van der Waals surface area contributed by atoms with E-state index in [4.69, 9.17) is 1.37 Å². The summed E-state index contributed by atoms with van der Waals surface area (Å²) < 4.78 is 5.75. The van der Waals surface area contributed by atoms with Gasteiger partial charge < -0.3 is 0 Å². The molecule has 0 bridgehead atoms. The third-order valence-corrected chi connectivity index (χ3v) is 0. The van der Waals surface area contributed by atoms with E-state index in [1.807, 2.05) is 27.7 Å². The molecular formula is C9H26. The highest BCUT2D eigenvalue weighted by Crippen LogP contribution is 1.81. The van der Waals surface area contributed by atoms with Crippen LogP contribution in [0.25, 0.3) is 0 Å². The van der Waals surface area contributed by atoms with Gasteiger partial charge >= 0.3 is 0 Å². The van der Waals surface area contributed by atoms with Gasteiger partial charge in [-0.2, -0.15) is 0 Å². The lowest BCUT2D eigenvalue weighted by atomic mass is 10.3. The topological polar surface area (TPSA) is 0 Å². The molecule has 0 heterocycles. The van der Waals surface area contributed by atoms with Gasteiger partial charge in [-0.25, -0.2) is 0 Å². The minimum Gasteiger partial charge on any atom is -0.0776 e. The molecule has 0 saturated carbocycles. The molecule has 0 aromatic carbocycles. The summed E-state index contributed by atoms with van der Waals surface area (Å²) in [7, 11) is 1.25. The van der Waals surface area contributed by atoms with Crippen molar-refractivity contribution in [2.45, 2.75) is 55.9 Å². The molecule has 0 spiro atoms. The lowest BCUT2D eigenvalue weighted by Crippen LogP contribution is -1.66. The average molecular weight is 135 g/mol. The first-order valence-electron chi connectivity index (χ1n) is 4.73. The summed E-state index contributed by atoms with van der Waals surface area (Å²) >= 11 is 0. The maximum absolute atomic E-state index is 5.75. The van der Waals surface area contributed by atoms with Crippen LogP contribution in [-0.4, -0.2) is 0 Å². The fraction of sp³-hybridized carbons (Fsp3) is 1.00. The Morgan fingerprint density at radius 3 is 0.889 bits per heavy atom. The van der Waals surface area contributed by atoms with Crippen LogP contribution in [0.15, 0.2) is 0 Å². The summed E-state index contributed by atoms with van der Waals surface area (Å²) in [6.45, 7) is 14.5. The normalized spacial score (nSPS) is 6.11. The van der Waals surface area contributed by atoms with Crippen molar-refractivity contribution < 1.29 is 1.37 Å². The van der Waals surface area contributed by atoms with E-state index in [9.17, 15) is 0 Å². The maximum atomic E-state index is 5.75. The highest BCUT2D eigenvalue weighted by Gasteiger charge is 1.68. The van der Waals surface area contributed by atoms with Crippen molar-refractivity contribution in [1.82, 2.24) is 0 Å². The third-order valence-electron chi connectivity index (χ3n) is 0. The third kappa shape index (κ3) is 0. The second kappa shape index (κ2) is 43.6. The van der Waals surface area contributed by atoms with Gasteiger partial charge in [0, 0.05) is 1.37 Å². The highest BCUT2D eigenvalue weighted by atomic mass is 13.7. The molecule has 0 rings (SSSR count). The SMILES string of the molecule is CC.CC.CC(C)C.[2H]C. The van der Waals surface area contributed by atoms with Crippen molar-refractivity contribution >= 4 is 0 Å². The molecule has 0 nitrogen and oxygen atoms in total. The quantitative estimate of drug-likeness (QED) is 0.463. The molecular weight excluding hydrogens is 108 g/mol. The molecule has 0 aromatic rings. The van der Waals surface area contributed by atoms with Gasteiger partial charge in [0.1, 0.15) is 0 Å². The molecule has 0 fully saturated rings. The van der Waals surface area contributed by atoms with E-state index in [0.717, 1.165) is 5.92 Å². The molecule has 0 aliphatic heterocycles. The molecule has 0 aromatic heterocycles. The summed E-state index contributed by atoms with van der Waals surface area (Å²) in [5.41, 5.74) is 0. The molecule has 0 heteroatoms. The summed E-state index contributed by atoms with van der Waals surface area (Å²) in [4.78, 5) is 0. The van der Waals surface area contributed by atoms with Crippen LogP contribution in [-0.2, 0) is 0 Å². The van der Waals surface area contributed by atoms with E-state index in [1.165, 1.54) is 7.40 Å². The van der Waals surface area contributed by atoms with Crippen LogP contribution in [0.4, 0.5) is 0 Å². The maximum Gasteiger partial charge on any atom is 0.0194 e. The number of hydrogen-bond donors (Lipinski definition) is 0.